The molecule has 0 spiro atoms. The second-order valence-corrected chi connectivity index (χ2v) is 7.03. The quantitative estimate of drug-likeness (QED) is 0.196. The number of rotatable bonds is 7. The Balaban J connectivity index is 1.85. The number of carbonyl (C=O) groups is 2. The van der Waals surface area contributed by atoms with Gasteiger partial charge in [-0.05, 0) is 30.3 Å². The Morgan fingerprint density at radius 1 is 1.09 bits per heavy atom. The molecule has 0 bridgehead atoms. The zero-order valence-corrected chi connectivity index (χ0v) is 17.3. The fourth-order valence-electron chi connectivity index (χ4n) is 3.25. The van der Waals surface area contributed by atoms with Crippen LogP contribution in [0.4, 0.5) is 23.1 Å². The second-order valence-electron chi connectivity index (χ2n) is 7.03. The lowest BCUT2D eigenvalue weighted by molar-refractivity contribution is -0.117. The molecule has 0 saturated carbocycles. The van der Waals surface area contributed by atoms with Crippen molar-refractivity contribution < 1.29 is 14.3 Å². The summed E-state index contributed by atoms with van der Waals surface area (Å²) in [4.78, 5) is 36.6. The van der Waals surface area contributed by atoms with E-state index in [9.17, 15) is 9.59 Å². The van der Waals surface area contributed by atoms with E-state index in [1.54, 1.807) is 36.5 Å². The smallest absolute Gasteiger partial charge is 0.337 e. The van der Waals surface area contributed by atoms with Crippen molar-refractivity contribution in [2.75, 3.05) is 30.0 Å². The van der Waals surface area contributed by atoms with E-state index in [1.165, 1.54) is 7.11 Å². The average molecular weight is 431 g/mol. The van der Waals surface area contributed by atoms with Crippen molar-refractivity contribution in [1.82, 2.24) is 15.0 Å². The predicted octanol–water partition coefficient (Wildman–Crippen LogP) is 2.58. The summed E-state index contributed by atoms with van der Waals surface area (Å²) in [7, 11) is 1.33. The van der Waals surface area contributed by atoms with Gasteiger partial charge in [0.05, 0.1) is 18.2 Å². The maximum Gasteiger partial charge on any atom is 0.337 e. The molecule has 0 aliphatic carbocycles. The van der Waals surface area contributed by atoms with Crippen molar-refractivity contribution in [1.29, 1.82) is 0 Å². The molecule has 0 aliphatic rings. The van der Waals surface area contributed by atoms with Gasteiger partial charge in [-0.2, -0.15) is 0 Å². The summed E-state index contributed by atoms with van der Waals surface area (Å²) in [5.41, 5.74) is 13.9. The number of nitrogens with two attached hydrogens (primary N) is 2. The average Bonchev–Trinajstić information content (AvgIpc) is 2.78. The molecule has 10 nitrogen and oxygen atoms in total. The van der Waals surface area contributed by atoms with E-state index < -0.39 is 11.9 Å². The molecule has 2 aromatic carbocycles. The number of ether oxygens (including phenoxy) is 1. The summed E-state index contributed by atoms with van der Waals surface area (Å²) in [5, 5.41) is 7.74. The molecule has 0 atom stereocenters. The molecule has 0 aliphatic heterocycles. The number of hydrogen-bond donors (Lipinski definition) is 4. The van der Waals surface area contributed by atoms with Crippen LogP contribution in [-0.2, 0) is 9.53 Å². The van der Waals surface area contributed by atoms with Crippen molar-refractivity contribution in [3.63, 3.8) is 0 Å². The zero-order valence-electron chi connectivity index (χ0n) is 17.3. The van der Waals surface area contributed by atoms with Crippen molar-refractivity contribution in [2.24, 2.45) is 5.73 Å². The number of carbonyl (C=O) groups excluding carboxylic acids is 2. The number of methoxy groups -OCH3 is 1. The number of esters is 1. The third-order valence-corrected chi connectivity index (χ3v) is 4.76. The maximum absolute atomic E-state index is 12.0. The standard InChI is InChI=1S/C22H21N7O3/c1-32-21(31)12-5-6-15-16-11-26-22(25-8-7-18(24)30)29-19(16)20(28-17(15)9-12)27-14-4-2-3-13(23)10-14/h2-6,9-11H,7-8,23H2,1H3,(H2,24,30)(H,27,28)(H,25,26,29). The zero-order chi connectivity index (χ0) is 22.7. The number of fused-ring (bicyclic) bond motifs is 3. The van der Waals surface area contributed by atoms with E-state index >= 15 is 0 Å². The molecule has 1 amide bonds. The third-order valence-electron chi connectivity index (χ3n) is 4.76. The van der Waals surface area contributed by atoms with Crippen LogP contribution in [0.3, 0.4) is 0 Å². The molecular formula is C22H21N7O3. The van der Waals surface area contributed by atoms with Crippen LogP contribution in [0.1, 0.15) is 16.8 Å². The van der Waals surface area contributed by atoms with Gasteiger partial charge in [-0.15, -0.1) is 0 Å². The summed E-state index contributed by atoms with van der Waals surface area (Å²) < 4.78 is 4.82. The molecule has 0 fully saturated rings. The highest BCUT2D eigenvalue weighted by Crippen LogP contribution is 2.31. The largest absolute Gasteiger partial charge is 0.465 e. The van der Waals surface area contributed by atoms with Crippen LogP contribution in [0.15, 0.2) is 48.7 Å². The van der Waals surface area contributed by atoms with Crippen LogP contribution in [0.2, 0.25) is 0 Å². The fraction of sp³-hybridized carbons (Fsp3) is 0.136. The molecule has 0 saturated heterocycles. The first-order valence-electron chi connectivity index (χ1n) is 9.78. The molecule has 0 unspecified atom stereocenters. The number of nitrogen functional groups attached to an aromatic ring is 1. The first-order chi connectivity index (χ1) is 15.4. The van der Waals surface area contributed by atoms with E-state index in [-0.39, 0.29) is 6.42 Å². The van der Waals surface area contributed by atoms with Crippen molar-refractivity contribution in [3.05, 3.63) is 54.2 Å². The lowest BCUT2D eigenvalue weighted by atomic mass is 10.1. The van der Waals surface area contributed by atoms with Gasteiger partial charge in [0.15, 0.2) is 5.82 Å². The normalized spacial score (nSPS) is 10.8. The van der Waals surface area contributed by atoms with Crippen LogP contribution in [-0.4, -0.2) is 40.5 Å². The summed E-state index contributed by atoms with van der Waals surface area (Å²) in [6.07, 6.45) is 1.82. The molecule has 4 rings (SSSR count). The van der Waals surface area contributed by atoms with Crippen LogP contribution in [0, 0.1) is 0 Å². The minimum Gasteiger partial charge on any atom is -0.465 e. The van der Waals surface area contributed by atoms with Gasteiger partial charge in [-0.25, -0.2) is 19.7 Å². The Hall–Kier alpha value is -4.47. The molecule has 6 N–H and O–H groups in total. The fourth-order valence-corrected chi connectivity index (χ4v) is 3.25. The number of nitrogens with zero attached hydrogens (tertiary/aromatic N) is 3. The first-order valence-corrected chi connectivity index (χ1v) is 9.78. The van der Waals surface area contributed by atoms with Crippen LogP contribution in [0.25, 0.3) is 21.8 Å². The van der Waals surface area contributed by atoms with Crippen LogP contribution < -0.4 is 22.1 Å². The maximum atomic E-state index is 12.0. The summed E-state index contributed by atoms with van der Waals surface area (Å²) in [5.74, 6) is -0.0806. The van der Waals surface area contributed by atoms with Crippen LogP contribution in [0.5, 0.6) is 0 Å². The molecule has 2 heterocycles. The SMILES string of the molecule is COC(=O)c1ccc2c(c1)nc(Nc1cccc(N)c1)c1nc(NCCC(N)=O)ncc12. The van der Waals surface area contributed by atoms with E-state index in [1.807, 2.05) is 12.1 Å². The Kier molecular flexibility index (Phi) is 5.67. The van der Waals surface area contributed by atoms with E-state index in [0.717, 1.165) is 16.5 Å². The van der Waals surface area contributed by atoms with Gasteiger partial charge in [0, 0.05) is 41.3 Å². The highest BCUT2D eigenvalue weighted by molar-refractivity contribution is 6.10. The summed E-state index contributed by atoms with van der Waals surface area (Å²) in [6, 6.07) is 12.3. The molecular weight excluding hydrogens is 410 g/mol. The summed E-state index contributed by atoms with van der Waals surface area (Å²) >= 11 is 0. The molecule has 32 heavy (non-hydrogen) atoms. The number of amides is 1. The number of benzene rings is 2. The van der Waals surface area contributed by atoms with E-state index in [4.69, 9.17) is 21.2 Å². The van der Waals surface area contributed by atoms with Gasteiger partial charge < -0.3 is 26.8 Å². The second kappa shape index (κ2) is 8.72. The van der Waals surface area contributed by atoms with Crippen LogP contribution >= 0.6 is 0 Å². The monoisotopic (exact) mass is 431 g/mol. The van der Waals surface area contributed by atoms with Crippen molar-refractivity contribution in [2.45, 2.75) is 6.42 Å². The Labute approximate surface area is 183 Å². The predicted molar refractivity (Wildman–Crippen MR) is 123 cm³/mol. The lowest BCUT2D eigenvalue weighted by Crippen LogP contribution is -2.16. The molecule has 10 heteroatoms. The third kappa shape index (κ3) is 4.33. The number of nitrogens with one attached hydrogen (secondary N) is 2. The molecule has 4 aromatic rings. The molecule has 0 radical (unpaired) electrons. The van der Waals surface area contributed by atoms with E-state index in [0.29, 0.717) is 40.6 Å². The van der Waals surface area contributed by atoms with Gasteiger partial charge in [0.2, 0.25) is 11.9 Å². The Morgan fingerprint density at radius 3 is 2.69 bits per heavy atom. The molecule has 162 valence electrons. The van der Waals surface area contributed by atoms with Gasteiger partial charge in [0.1, 0.15) is 5.52 Å². The summed E-state index contributed by atoms with van der Waals surface area (Å²) in [6.45, 7) is 0.308. The van der Waals surface area contributed by atoms with Gasteiger partial charge >= 0.3 is 5.97 Å². The highest BCUT2D eigenvalue weighted by Gasteiger charge is 2.15. The molecule has 2 aromatic heterocycles. The van der Waals surface area contributed by atoms with Gasteiger partial charge in [0.25, 0.3) is 0 Å². The van der Waals surface area contributed by atoms with Crippen molar-refractivity contribution in [3.8, 4) is 0 Å². The topological polar surface area (TPSA) is 158 Å². The Bertz CT molecular complexity index is 1340. The lowest BCUT2D eigenvalue weighted by Gasteiger charge is -2.13. The number of hydrogen-bond acceptors (Lipinski definition) is 9. The first kappa shape index (κ1) is 20.8. The number of aromatic nitrogens is 3. The van der Waals surface area contributed by atoms with Crippen molar-refractivity contribution >= 4 is 56.8 Å². The van der Waals surface area contributed by atoms with Gasteiger partial charge in [-0.3, -0.25) is 4.79 Å². The van der Waals surface area contributed by atoms with Gasteiger partial charge in [-0.1, -0.05) is 12.1 Å². The highest BCUT2D eigenvalue weighted by atomic mass is 16.5. The minimum atomic E-state index is -0.454. The minimum absolute atomic E-state index is 0.155. The number of anilines is 4. The number of primary amides is 1. The van der Waals surface area contributed by atoms with E-state index in [2.05, 4.69) is 20.6 Å². The Morgan fingerprint density at radius 2 is 1.94 bits per heavy atom. The number of pyridine rings is 1.